The highest BCUT2D eigenvalue weighted by molar-refractivity contribution is 8.00. The molecule has 0 aliphatic carbocycles. The average Bonchev–Trinajstić information content (AvgIpc) is 2.35. The van der Waals surface area contributed by atoms with E-state index in [1.54, 1.807) is 23.7 Å². The first kappa shape index (κ1) is 14.1. The Balaban J connectivity index is 2.45. The Hall–Kier alpha value is -1.00. The van der Waals surface area contributed by atoms with Gasteiger partial charge in [-0.1, -0.05) is 17.7 Å². The van der Waals surface area contributed by atoms with Gasteiger partial charge in [0.15, 0.2) is 0 Å². The summed E-state index contributed by atoms with van der Waals surface area (Å²) >= 11 is 1.56. The van der Waals surface area contributed by atoms with E-state index in [0.717, 1.165) is 4.90 Å². The monoisotopic (exact) mass is 252 g/mol. The Bertz CT molecular complexity index is 364. The normalized spacial score (nSPS) is 12.2. The zero-order valence-electron chi connectivity index (χ0n) is 10.6. The van der Waals surface area contributed by atoms with E-state index in [4.69, 9.17) is 5.73 Å². The number of carbonyl (C=O) groups excluding carboxylic acids is 1. The third-order valence-corrected chi connectivity index (χ3v) is 3.78. The van der Waals surface area contributed by atoms with E-state index in [-0.39, 0.29) is 11.9 Å². The molecule has 0 aliphatic rings. The van der Waals surface area contributed by atoms with Crippen molar-refractivity contribution in [1.82, 2.24) is 4.90 Å². The Morgan fingerprint density at radius 1 is 1.41 bits per heavy atom. The van der Waals surface area contributed by atoms with E-state index in [9.17, 15) is 4.79 Å². The summed E-state index contributed by atoms with van der Waals surface area (Å²) in [5.41, 5.74) is 6.77. The molecule has 17 heavy (non-hydrogen) atoms. The molecule has 1 rings (SSSR count). The predicted octanol–water partition coefficient (Wildman–Crippen LogP) is 1.89. The summed E-state index contributed by atoms with van der Waals surface area (Å²) < 4.78 is 0. The molecule has 0 fully saturated rings. The number of hydrogen-bond acceptors (Lipinski definition) is 3. The molecule has 94 valence electrons. The molecule has 0 saturated carbocycles. The summed E-state index contributed by atoms with van der Waals surface area (Å²) in [7, 11) is 1.80. The van der Waals surface area contributed by atoms with Crippen molar-refractivity contribution < 1.29 is 4.79 Å². The SMILES string of the molecule is Cc1ccc(SCC(=O)N(C)C(C)CN)cc1. The molecule has 0 bridgehead atoms. The quantitative estimate of drug-likeness (QED) is 0.814. The number of aryl methyl sites for hydroxylation is 1. The van der Waals surface area contributed by atoms with Gasteiger partial charge in [-0.3, -0.25) is 4.79 Å². The van der Waals surface area contributed by atoms with Crippen molar-refractivity contribution in [3.63, 3.8) is 0 Å². The molecule has 1 amide bonds. The molecule has 1 aromatic carbocycles. The van der Waals surface area contributed by atoms with Gasteiger partial charge >= 0.3 is 0 Å². The summed E-state index contributed by atoms with van der Waals surface area (Å²) in [5.74, 6) is 0.581. The highest BCUT2D eigenvalue weighted by atomic mass is 32.2. The van der Waals surface area contributed by atoms with Gasteiger partial charge in [0.25, 0.3) is 0 Å². The first-order valence-electron chi connectivity index (χ1n) is 5.69. The van der Waals surface area contributed by atoms with E-state index in [1.165, 1.54) is 5.56 Å². The van der Waals surface area contributed by atoms with Crippen LogP contribution in [0, 0.1) is 6.92 Å². The fraction of sp³-hybridized carbons (Fsp3) is 0.462. The standard InChI is InChI=1S/C13H20N2OS/c1-10-4-6-12(7-5-10)17-9-13(16)15(3)11(2)8-14/h4-7,11H,8-9,14H2,1-3H3. The summed E-state index contributed by atoms with van der Waals surface area (Å²) in [4.78, 5) is 14.7. The molecule has 1 aromatic rings. The van der Waals surface area contributed by atoms with E-state index in [0.29, 0.717) is 12.3 Å². The van der Waals surface area contributed by atoms with Crippen molar-refractivity contribution in [1.29, 1.82) is 0 Å². The van der Waals surface area contributed by atoms with Gasteiger partial charge in [0.05, 0.1) is 5.75 Å². The number of likely N-dealkylation sites (N-methyl/N-ethyl adjacent to an activating group) is 1. The molecule has 0 spiro atoms. The minimum Gasteiger partial charge on any atom is -0.341 e. The van der Waals surface area contributed by atoms with Crippen molar-refractivity contribution >= 4 is 17.7 Å². The lowest BCUT2D eigenvalue weighted by atomic mass is 10.2. The third kappa shape index (κ3) is 4.40. The molecule has 0 heterocycles. The maximum atomic E-state index is 11.8. The Morgan fingerprint density at radius 3 is 2.53 bits per heavy atom. The summed E-state index contributed by atoms with van der Waals surface area (Å²) in [6.45, 7) is 4.50. The van der Waals surface area contributed by atoms with Crippen LogP contribution in [0.3, 0.4) is 0 Å². The average molecular weight is 252 g/mol. The molecule has 0 aliphatic heterocycles. The van der Waals surface area contributed by atoms with Crippen LogP contribution in [0.25, 0.3) is 0 Å². The molecule has 1 unspecified atom stereocenters. The number of hydrogen-bond donors (Lipinski definition) is 1. The number of rotatable bonds is 5. The van der Waals surface area contributed by atoms with E-state index < -0.39 is 0 Å². The van der Waals surface area contributed by atoms with Crippen LogP contribution in [-0.4, -0.2) is 36.2 Å². The van der Waals surface area contributed by atoms with Crippen LogP contribution >= 0.6 is 11.8 Å². The Morgan fingerprint density at radius 2 is 2.00 bits per heavy atom. The maximum Gasteiger partial charge on any atom is 0.232 e. The predicted molar refractivity (Wildman–Crippen MR) is 73.2 cm³/mol. The van der Waals surface area contributed by atoms with Crippen molar-refractivity contribution in [2.45, 2.75) is 24.8 Å². The van der Waals surface area contributed by atoms with Crippen molar-refractivity contribution in [2.75, 3.05) is 19.3 Å². The van der Waals surface area contributed by atoms with E-state index in [2.05, 4.69) is 19.1 Å². The van der Waals surface area contributed by atoms with Gasteiger partial charge in [-0.25, -0.2) is 0 Å². The summed E-state index contributed by atoms with van der Waals surface area (Å²) in [5, 5.41) is 0. The highest BCUT2D eigenvalue weighted by Crippen LogP contribution is 2.18. The number of benzene rings is 1. The first-order chi connectivity index (χ1) is 8.04. The molecule has 1 atom stereocenters. The van der Waals surface area contributed by atoms with Crippen molar-refractivity contribution in [3.8, 4) is 0 Å². The van der Waals surface area contributed by atoms with Gasteiger partial charge < -0.3 is 10.6 Å². The second kappa shape index (κ2) is 6.67. The number of carbonyl (C=O) groups is 1. The Kier molecular flexibility index (Phi) is 5.51. The molecule has 4 heteroatoms. The third-order valence-electron chi connectivity index (χ3n) is 2.78. The number of thioether (sulfide) groups is 1. The molecular formula is C13H20N2OS. The second-order valence-corrected chi connectivity index (χ2v) is 5.24. The second-order valence-electron chi connectivity index (χ2n) is 4.19. The van der Waals surface area contributed by atoms with Crippen LogP contribution in [0.4, 0.5) is 0 Å². The fourth-order valence-electron chi connectivity index (χ4n) is 1.29. The lowest BCUT2D eigenvalue weighted by Gasteiger charge is -2.23. The first-order valence-corrected chi connectivity index (χ1v) is 6.68. The molecule has 0 saturated heterocycles. The number of nitrogens with two attached hydrogens (primary N) is 1. The van der Waals surface area contributed by atoms with Gasteiger partial charge in [-0.15, -0.1) is 11.8 Å². The van der Waals surface area contributed by atoms with Crippen LogP contribution in [0.5, 0.6) is 0 Å². The van der Waals surface area contributed by atoms with Gasteiger partial charge in [0.2, 0.25) is 5.91 Å². The van der Waals surface area contributed by atoms with Crippen LogP contribution < -0.4 is 5.73 Å². The number of amides is 1. The molecule has 0 radical (unpaired) electrons. The van der Waals surface area contributed by atoms with E-state index in [1.807, 2.05) is 19.1 Å². The van der Waals surface area contributed by atoms with Gasteiger partial charge in [0, 0.05) is 24.5 Å². The van der Waals surface area contributed by atoms with Crippen molar-refractivity contribution in [2.24, 2.45) is 5.73 Å². The van der Waals surface area contributed by atoms with Gasteiger partial charge in [0.1, 0.15) is 0 Å². The molecular weight excluding hydrogens is 232 g/mol. The van der Waals surface area contributed by atoms with Crippen LogP contribution in [0.2, 0.25) is 0 Å². The zero-order chi connectivity index (χ0) is 12.8. The minimum absolute atomic E-state index is 0.0983. The smallest absolute Gasteiger partial charge is 0.232 e. The number of nitrogens with zero attached hydrogens (tertiary/aromatic N) is 1. The molecule has 2 N–H and O–H groups in total. The topological polar surface area (TPSA) is 46.3 Å². The molecule has 3 nitrogen and oxygen atoms in total. The van der Waals surface area contributed by atoms with Crippen LogP contribution in [0.15, 0.2) is 29.2 Å². The van der Waals surface area contributed by atoms with Crippen LogP contribution in [0.1, 0.15) is 12.5 Å². The van der Waals surface area contributed by atoms with E-state index >= 15 is 0 Å². The van der Waals surface area contributed by atoms with Gasteiger partial charge in [-0.2, -0.15) is 0 Å². The van der Waals surface area contributed by atoms with Gasteiger partial charge in [-0.05, 0) is 26.0 Å². The Labute approximate surface area is 107 Å². The summed E-state index contributed by atoms with van der Waals surface area (Å²) in [6, 6.07) is 8.29. The zero-order valence-corrected chi connectivity index (χ0v) is 11.5. The highest BCUT2D eigenvalue weighted by Gasteiger charge is 2.14. The maximum absolute atomic E-state index is 11.8. The summed E-state index contributed by atoms with van der Waals surface area (Å²) in [6.07, 6.45) is 0. The molecule has 0 aromatic heterocycles. The fourth-order valence-corrected chi connectivity index (χ4v) is 2.11. The lowest BCUT2D eigenvalue weighted by molar-refractivity contribution is -0.128. The minimum atomic E-state index is 0.0983. The van der Waals surface area contributed by atoms with Crippen molar-refractivity contribution in [3.05, 3.63) is 29.8 Å². The largest absolute Gasteiger partial charge is 0.341 e. The lowest BCUT2D eigenvalue weighted by Crippen LogP contribution is -2.40. The van der Waals surface area contributed by atoms with Crippen LogP contribution in [-0.2, 0) is 4.79 Å².